The average Bonchev–Trinajstić information content (AvgIpc) is 2.42. The third-order valence-corrected chi connectivity index (χ3v) is 3.25. The van der Waals surface area contributed by atoms with E-state index in [0.29, 0.717) is 16.7 Å². The van der Waals surface area contributed by atoms with Gasteiger partial charge < -0.3 is 10.5 Å². The molecule has 2 aromatic rings. The summed E-state index contributed by atoms with van der Waals surface area (Å²) in [7, 11) is 1.61. The first-order valence-electron chi connectivity index (χ1n) is 7.48. The summed E-state index contributed by atoms with van der Waals surface area (Å²) in [5.41, 5.74) is 6.79. The Morgan fingerprint density at radius 1 is 1.26 bits per heavy atom. The van der Waals surface area contributed by atoms with Crippen LogP contribution in [0.15, 0.2) is 12.4 Å². The Hall–Kier alpha value is -2.44. The van der Waals surface area contributed by atoms with Crippen molar-refractivity contribution >= 4 is 28.8 Å². The fourth-order valence-electron chi connectivity index (χ4n) is 2.15. The number of nitrogens with zero attached hydrogens (tertiary/aromatic N) is 4. The number of rotatable bonds is 2. The zero-order valence-corrected chi connectivity index (χ0v) is 14.4. The van der Waals surface area contributed by atoms with Gasteiger partial charge in [-0.2, -0.15) is 0 Å². The number of nitrogen functional groups attached to an aromatic ring is 1. The van der Waals surface area contributed by atoms with Crippen LogP contribution >= 0.6 is 0 Å². The molecule has 1 amide bonds. The molecule has 0 atom stereocenters. The van der Waals surface area contributed by atoms with Crippen LogP contribution < -0.4 is 10.6 Å². The van der Waals surface area contributed by atoms with Crippen LogP contribution in [0, 0.1) is 0 Å². The Balaban J connectivity index is 2.54. The minimum atomic E-state index is -0.583. The van der Waals surface area contributed by atoms with E-state index in [2.05, 4.69) is 15.0 Å². The molecule has 2 aromatic heterocycles. The van der Waals surface area contributed by atoms with E-state index in [0.717, 1.165) is 5.56 Å². The molecule has 0 saturated heterocycles. The van der Waals surface area contributed by atoms with Gasteiger partial charge in [0, 0.05) is 19.4 Å². The van der Waals surface area contributed by atoms with Gasteiger partial charge in [0.25, 0.3) is 0 Å². The lowest BCUT2D eigenvalue weighted by molar-refractivity contribution is 0.0588. The number of hydrogen-bond acceptors (Lipinski definition) is 6. The van der Waals surface area contributed by atoms with Crippen LogP contribution in [0.3, 0.4) is 0 Å². The zero-order chi connectivity index (χ0) is 17.4. The summed E-state index contributed by atoms with van der Waals surface area (Å²) in [6.45, 7) is 9.54. The fraction of sp³-hybridized carbons (Fsp3) is 0.500. The summed E-state index contributed by atoms with van der Waals surface area (Å²) in [5, 5.41) is 0.666. The molecule has 2 rings (SSSR count). The number of aromatic nitrogens is 3. The predicted octanol–water partition coefficient (Wildman–Crippen LogP) is 3.10. The Kier molecular flexibility index (Phi) is 4.40. The maximum atomic E-state index is 12.3. The maximum absolute atomic E-state index is 12.3. The van der Waals surface area contributed by atoms with Crippen LogP contribution in [0.2, 0.25) is 0 Å². The van der Waals surface area contributed by atoms with Crippen LogP contribution in [0.1, 0.15) is 46.1 Å². The minimum Gasteiger partial charge on any atom is -0.443 e. The van der Waals surface area contributed by atoms with Crippen molar-refractivity contribution in [1.82, 2.24) is 15.0 Å². The van der Waals surface area contributed by atoms with Gasteiger partial charge in [0.05, 0.1) is 10.9 Å². The molecule has 0 saturated carbocycles. The highest BCUT2D eigenvalue weighted by molar-refractivity contribution is 5.99. The van der Waals surface area contributed by atoms with Crippen molar-refractivity contribution in [3.05, 3.63) is 18.0 Å². The first-order valence-corrected chi connectivity index (χ1v) is 7.48. The number of amides is 1. The van der Waals surface area contributed by atoms with Crippen molar-refractivity contribution in [2.75, 3.05) is 17.7 Å². The van der Waals surface area contributed by atoms with Gasteiger partial charge in [0.15, 0.2) is 0 Å². The van der Waals surface area contributed by atoms with E-state index < -0.39 is 11.7 Å². The first-order chi connectivity index (χ1) is 10.6. The average molecular weight is 317 g/mol. The Bertz CT molecular complexity index is 737. The molecule has 0 radical (unpaired) electrons. The first kappa shape index (κ1) is 16.9. The van der Waals surface area contributed by atoms with Gasteiger partial charge in [-0.25, -0.2) is 19.7 Å². The second-order valence-corrected chi connectivity index (χ2v) is 6.72. The molecule has 7 heteroatoms. The van der Waals surface area contributed by atoms with E-state index >= 15 is 0 Å². The van der Waals surface area contributed by atoms with E-state index in [1.165, 1.54) is 4.90 Å². The lowest BCUT2D eigenvalue weighted by atomic mass is 10.0. The highest BCUT2D eigenvalue weighted by atomic mass is 16.6. The lowest BCUT2D eigenvalue weighted by Crippen LogP contribution is -2.34. The number of nitrogens with two attached hydrogens (primary N) is 1. The summed E-state index contributed by atoms with van der Waals surface area (Å²) in [6.07, 6.45) is 2.82. The largest absolute Gasteiger partial charge is 0.443 e. The van der Waals surface area contributed by atoms with Gasteiger partial charge in [0.2, 0.25) is 5.95 Å². The van der Waals surface area contributed by atoms with Gasteiger partial charge in [-0.1, -0.05) is 13.8 Å². The molecule has 0 aliphatic carbocycles. The second-order valence-electron chi connectivity index (χ2n) is 6.72. The Morgan fingerprint density at radius 3 is 2.48 bits per heavy atom. The molecule has 0 spiro atoms. The third-order valence-electron chi connectivity index (χ3n) is 3.25. The highest BCUT2D eigenvalue weighted by Gasteiger charge is 2.24. The zero-order valence-electron chi connectivity index (χ0n) is 14.4. The second kappa shape index (κ2) is 5.98. The van der Waals surface area contributed by atoms with Crippen molar-refractivity contribution in [2.24, 2.45) is 0 Å². The van der Waals surface area contributed by atoms with E-state index in [1.807, 2.05) is 34.6 Å². The normalized spacial score (nSPS) is 11.8. The highest BCUT2D eigenvalue weighted by Crippen LogP contribution is 2.29. The summed E-state index contributed by atoms with van der Waals surface area (Å²) in [6, 6.07) is 0. The standard InChI is InChI=1S/C16H23N5O2/c1-9(2)10-7-18-13(11-8-19-14(17)20-12(10)11)21(6)15(22)23-16(3,4)5/h7-9H,1-6H3,(H2,17,19,20). The smallest absolute Gasteiger partial charge is 0.415 e. The van der Waals surface area contributed by atoms with E-state index in [4.69, 9.17) is 10.5 Å². The van der Waals surface area contributed by atoms with E-state index in [9.17, 15) is 4.79 Å². The molecule has 0 aliphatic rings. The van der Waals surface area contributed by atoms with Crippen LogP contribution in [-0.4, -0.2) is 33.7 Å². The monoisotopic (exact) mass is 317 g/mol. The third kappa shape index (κ3) is 3.67. The lowest BCUT2D eigenvalue weighted by Gasteiger charge is -2.25. The molecule has 23 heavy (non-hydrogen) atoms. The van der Waals surface area contributed by atoms with Crippen LogP contribution in [-0.2, 0) is 4.74 Å². The molecule has 124 valence electrons. The molecule has 2 N–H and O–H groups in total. The number of pyridine rings is 1. The number of hydrogen-bond donors (Lipinski definition) is 1. The summed E-state index contributed by atoms with van der Waals surface area (Å²) in [5.74, 6) is 0.857. The molecule has 0 bridgehead atoms. The SMILES string of the molecule is CC(C)c1cnc(N(C)C(=O)OC(C)(C)C)c2cnc(N)nc12. The van der Waals surface area contributed by atoms with Crippen molar-refractivity contribution in [3.8, 4) is 0 Å². The maximum Gasteiger partial charge on any atom is 0.415 e. The summed E-state index contributed by atoms with van der Waals surface area (Å²) in [4.78, 5) is 26.4. The Labute approximate surface area is 135 Å². The minimum absolute atomic E-state index is 0.191. The quantitative estimate of drug-likeness (QED) is 0.914. The van der Waals surface area contributed by atoms with Gasteiger partial charge in [-0.3, -0.25) is 4.90 Å². The van der Waals surface area contributed by atoms with Crippen LogP contribution in [0.25, 0.3) is 10.9 Å². The van der Waals surface area contributed by atoms with Crippen molar-refractivity contribution in [1.29, 1.82) is 0 Å². The molecular formula is C16H23N5O2. The number of ether oxygens (including phenoxy) is 1. The van der Waals surface area contributed by atoms with Gasteiger partial charge in [-0.05, 0) is 32.3 Å². The summed E-state index contributed by atoms with van der Waals surface area (Å²) < 4.78 is 5.39. The molecule has 2 heterocycles. The van der Waals surface area contributed by atoms with Gasteiger partial charge in [0.1, 0.15) is 11.4 Å². The predicted molar refractivity (Wildman–Crippen MR) is 90.5 cm³/mol. The number of anilines is 2. The van der Waals surface area contributed by atoms with Crippen LogP contribution in [0.5, 0.6) is 0 Å². The van der Waals surface area contributed by atoms with Gasteiger partial charge >= 0.3 is 6.09 Å². The number of carbonyl (C=O) groups excluding carboxylic acids is 1. The summed E-state index contributed by atoms with van der Waals surface area (Å²) >= 11 is 0. The van der Waals surface area contributed by atoms with E-state index in [1.54, 1.807) is 19.4 Å². The fourth-order valence-corrected chi connectivity index (χ4v) is 2.15. The molecule has 0 fully saturated rings. The van der Waals surface area contributed by atoms with Gasteiger partial charge in [-0.15, -0.1) is 0 Å². The number of fused-ring (bicyclic) bond motifs is 1. The van der Waals surface area contributed by atoms with Crippen molar-refractivity contribution in [3.63, 3.8) is 0 Å². The number of carbonyl (C=O) groups is 1. The van der Waals surface area contributed by atoms with Crippen LogP contribution in [0.4, 0.5) is 16.6 Å². The van der Waals surface area contributed by atoms with Crippen molar-refractivity contribution < 1.29 is 9.53 Å². The topological polar surface area (TPSA) is 94.2 Å². The van der Waals surface area contributed by atoms with E-state index in [-0.39, 0.29) is 11.9 Å². The Morgan fingerprint density at radius 2 is 1.91 bits per heavy atom. The molecule has 0 unspecified atom stereocenters. The molecule has 7 nitrogen and oxygen atoms in total. The molecular weight excluding hydrogens is 294 g/mol. The van der Waals surface area contributed by atoms with Crippen molar-refractivity contribution in [2.45, 2.75) is 46.1 Å². The molecule has 0 aromatic carbocycles. The molecule has 0 aliphatic heterocycles.